The van der Waals surface area contributed by atoms with Gasteiger partial charge in [-0.3, -0.25) is 9.67 Å². The highest BCUT2D eigenvalue weighted by Crippen LogP contribution is 2.01. The van der Waals surface area contributed by atoms with Crippen LogP contribution in [0.1, 0.15) is 12.0 Å². The number of rotatable bonds is 7. The maximum Gasteiger partial charge on any atom is 0.191 e. The van der Waals surface area contributed by atoms with Crippen LogP contribution in [-0.4, -0.2) is 35.9 Å². The van der Waals surface area contributed by atoms with Gasteiger partial charge < -0.3 is 10.6 Å². The van der Waals surface area contributed by atoms with E-state index >= 15 is 0 Å². The highest BCUT2D eigenvalue weighted by atomic mass is 127. The normalized spacial score (nSPS) is 10.9. The molecule has 6 heteroatoms. The van der Waals surface area contributed by atoms with Crippen molar-refractivity contribution in [3.63, 3.8) is 0 Å². The van der Waals surface area contributed by atoms with E-state index in [9.17, 15) is 0 Å². The second-order valence-corrected chi connectivity index (χ2v) is 4.78. The Morgan fingerprint density at radius 3 is 2.59 bits per heavy atom. The molecule has 1 heterocycles. The van der Waals surface area contributed by atoms with Gasteiger partial charge in [-0.05, 0) is 24.5 Å². The Labute approximate surface area is 149 Å². The van der Waals surface area contributed by atoms with E-state index in [-0.39, 0.29) is 24.0 Å². The summed E-state index contributed by atoms with van der Waals surface area (Å²) in [6.45, 7) is 2.55. The van der Waals surface area contributed by atoms with E-state index in [1.54, 1.807) is 13.2 Å². The molecule has 1 aromatic carbocycles. The zero-order valence-corrected chi connectivity index (χ0v) is 15.2. The predicted octanol–water partition coefficient (Wildman–Crippen LogP) is 2.30. The summed E-state index contributed by atoms with van der Waals surface area (Å²) in [5.41, 5.74) is 1.38. The van der Waals surface area contributed by atoms with Crippen molar-refractivity contribution in [2.45, 2.75) is 19.4 Å². The highest BCUT2D eigenvalue weighted by molar-refractivity contribution is 14.0. The van der Waals surface area contributed by atoms with Crippen molar-refractivity contribution >= 4 is 29.9 Å². The monoisotopic (exact) mass is 413 g/mol. The Kier molecular flexibility index (Phi) is 9.29. The van der Waals surface area contributed by atoms with Gasteiger partial charge in [0.15, 0.2) is 5.96 Å². The molecule has 0 radical (unpaired) electrons. The Bertz CT molecular complexity index is 525. The van der Waals surface area contributed by atoms with E-state index in [1.165, 1.54) is 5.56 Å². The summed E-state index contributed by atoms with van der Waals surface area (Å²) in [6.07, 6.45) is 5.91. The highest BCUT2D eigenvalue weighted by Gasteiger charge is 1.97. The SMILES string of the molecule is CN=C(NCCCc1ccccc1)NCCn1cccn1.I. The van der Waals surface area contributed by atoms with Crippen molar-refractivity contribution in [2.24, 2.45) is 4.99 Å². The molecule has 0 saturated carbocycles. The molecule has 2 rings (SSSR count). The summed E-state index contributed by atoms with van der Waals surface area (Å²) in [5, 5.41) is 10.8. The van der Waals surface area contributed by atoms with Crippen LogP contribution in [0.2, 0.25) is 0 Å². The first-order valence-corrected chi connectivity index (χ1v) is 7.34. The van der Waals surface area contributed by atoms with E-state index in [0.717, 1.165) is 38.4 Å². The van der Waals surface area contributed by atoms with E-state index in [1.807, 2.05) is 23.0 Å². The molecule has 0 aliphatic heterocycles. The average molecular weight is 413 g/mol. The summed E-state index contributed by atoms with van der Waals surface area (Å²) in [6, 6.07) is 12.5. The number of hydrogen-bond donors (Lipinski definition) is 2. The van der Waals surface area contributed by atoms with E-state index in [2.05, 4.69) is 45.0 Å². The van der Waals surface area contributed by atoms with Crippen LogP contribution in [0.3, 0.4) is 0 Å². The number of nitrogens with zero attached hydrogens (tertiary/aromatic N) is 3. The average Bonchev–Trinajstić information content (AvgIpc) is 3.04. The molecule has 2 N–H and O–H groups in total. The fraction of sp³-hybridized carbons (Fsp3) is 0.375. The van der Waals surface area contributed by atoms with Crippen molar-refractivity contribution < 1.29 is 0 Å². The topological polar surface area (TPSA) is 54.2 Å². The summed E-state index contributed by atoms with van der Waals surface area (Å²) >= 11 is 0. The maximum atomic E-state index is 4.22. The van der Waals surface area contributed by atoms with Gasteiger partial charge in [-0.1, -0.05) is 30.3 Å². The molecule has 1 aromatic heterocycles. The summed E-state index contributed by atoms with van der Waals surface area (Å²) in [7, 11) is 1.79. The largest absolute Gasteiger partial charge is 0.356 e. The molecule has 120 valence electrons. The number of aryl methyl sites for hydroxylation is 1. The van der Waals surface area contributed by atoms with Crippen LogP contribution in [0.25, 0.3) is 0 Å². The molecule has 0 spiro atoms. The van der Waals surface area contributed by atoms with Gasteiger partial charge in [-0.15, -0.1) is 24.0 Å². The number of hydrogen-bond acceptors (Lipinski definition) is 2. The standard InChI is InChI=1S/C16H23N5.HI/c1-17-16(19-12-14-21-13-6-11-20-21)18-10-5-9-15-7-3-2-4-8-15;/h2-4,6-8,11,13H,5,9-10,12,14H2,1H3,(H2,17,18,19);1H. The third-order valence-corrected chi connectivity index (χ3v) is 3.19. The molecule has 0 amide bonds. The van der Waals surface area contributed by atoms with Crippen LogP contribution in [0.4, 0.5) is 0 Å². The van der Waals surface area contributed by atoms with Gasteiger partial charge in [0, 0.05) is 32.5 Å². The third-order valence-electron chi connectivity index (χ3n) is 3.19. The Morgan fingerprint density at radius 1 is 1.14 bits per heavy atom. The van der Waals surface area contributed by atoms with Crippen molar-refractivity contribution in [3.8, 4) is 0 Å². The molecule has 0 unspecified atom stereocenters. The number of guanidine groups is 1. The van der Waals surface area contributed by atoms with Crippen LogP contribution in [0.5, 0.6) is 0 Å². The minimum absolute atomic E-state index is 0. The van der Waals surface area contributed by atoms with Gasteiger partial charge in [0.2, 0.25) is 0 Å². The predicted molar refractivity (Wildman–Crippen MR) is 102 cm³/mol. The lowest BCUT2D eigenvalue weighted by Gasteiger charge is -2.11. The zero-order valence-electron chi connectivity index (χ0n) is 12.9. The molecule has 5 nitrogen and oxygen atoms in total. The van der Waals surface area contributed by atoms with Crippen molar-refractivity contribution in [1.29, 1.82) is 0 Å². The van der Waals surface area contributed by atoms with Crippen LogP contribution in [-0.2, 0) is 13.0 Å². The lowest BCUT2D eigenvalue weighted by Crippen LogP contribution is -2.39. The van der Waals surface area contributed by atoms with Gasteiger partial charge in [0.05, 0.1) is 6.54 Å². The van der Waals surface area contributed by atoms with Gasteiger partial charge in [0.1, 0.15) is 0 Å². The molecule has 0 bridgehead atoms. The van der Waals surface area contributed by atoms with E-state index < -0.39 is 0 Å². The number of benzene rings is 1. The second-order valence-electron chi connectivity index (χ2n) is 4.78. The van der Waals surface area contributed by atoms with Crippen molar-refractivity contribution in [3.05, 3.63) is 54.4 Å². The van der Waals surface area contributed by atoms with Crippen molar-refractivity contribution in [2.75, 3.05) is 20.1 Å². The van der Waals surface area contributed by atoms with Crippen LogP contribution in [0, 0.1) is 0 Å². The van der Waals surface area contributed by atoms with Gasteiger partial charge in [0.25, 0.3) is 0 Å². The van der Waals surface area contributed by atoms with Crippen LogP contribution in [0.15, 0.2) is 53.8 Å². The van der Waals surface area contributed by atoms with Crippen LogP contribution >= 0.6 is 24.0 Å². The molecular formula is C16H24IN5. The first-order valence-electron chi connectivity index (χ1n) is 7.34. The lowest BCUT2D eigenvalue weighted by molar-refractivity contribution is 0.597. The van der Waals surface area contributed by atoms with E-state index in [4.69, 9.17) is 0 Å². The minimum atomic E-state index is 0. The second kappa shape index (κ2) is 11.1. The number of aliphatic imine (C=N–C) groups is 1. The van der Waals surface area contributed by atoms with Crippen molar-refractivity contribution in [1.82, 2.24) is 20.4 Å². The Hall–Kier alpha value is -1.57. The first-order chi connectivity index (χ1) is 10.4. The molecule has 0 saturated heterocycles. The molecule has 22 heavy (non-hydrogen) atoms. The van der Waals surface area contributed by atoms with Gasteiger partial charge >= 0.3 is 0 Å². The molecule has 0 aliphatic rings. The summed E-state index contributed by atoms with van der Waals surface area (Å²) < 4.78 is 1.90. The first kappa shape index (κ1) is 18.5. The maximum absolute atomic E-state index is 4.22. The fourth-order valence-electron chi connectivity index (χ4n) is 2.09. The van der Waals surface area contributed by atoms with E-state index in [0.29, 0.717) is 0 Å². The lowest BCUT2D eigenvalue weighted by atomic mass is 10.1. The quantitative estimate of drug-likeness (QED) is 0.317. The fourth-order valence-corrected chi connectivity index (χ4v) is 2.09. The number of nitrogens with one attached hydrogen (secondary N) is 2. The molecule has 2 aromatic rings. The number of aromatic nitrogens is 2. The molecule has 0 aliphatic carbocycles. The molecule has 0 fully saturated rings. The Balaban J connectivity index is 0.00000242. The van der Waals surface area contributed by atoms with Gasteiger partial charge in [-0.2, -0.15) is 5.10 Å². The summed E-state index contributed by atoms with van der Waals surface area (Å²) in [5.74, 6) is 0.843. The smallest absolute Gasteiger partial charge is 0.191 e. The third kappa shape index (κ3) is 6.93. The van der Waals surface area contributed by atoms with Gasteiger partial charge in [-0.25, -0.2) is 0 Å². The number of halogens is 1. The minimum Gasteiger partial charge on any atom is -0.356 e. The zero-order chi connectivity index (χ0) is 14.8. The molecule has 0 atom stereocenters. The van der Waals surface area contributed by atoms with Crippen LogP contribution < -0.4 is 10.6 Å². The Morgan fingerprint density at radius 2 is 1.91 bits per heavy atom. The molecular weight excluding hydrogens is 389 g/mol. The summed E-state index contributed by atoms with van der Waals surface area (Å²) in [4.78, 5) is 4.22.